The van der Waals surface area contributed by atoms with E-state index in [1.165, 1.54) is 4.90 Å². The van der Waals surface area contributed by atoms with Crippen molar-refractivity contribution in [2.75, 3.05) is 6.61 Å². The minimum absolute atomic E-state index is 0.202. The van der Waals surface area contributed by atoms with Crippen molar-refractivity contribution in [2.45, 2.75) is 30.8 Å². The van der Waals surface area contributed by atoms with Gasteiger partial charge in [-0.3, -0.25) is 15.0 Å². The van der Waals surface area contributed by atoms with Gasteiger partial charge in [0.25, 0.3) is 5.91 Å². The third kappa shape index (κ3) is 5.21. The number of nitrogens with one attached hydrogen (secondary N) is 1. The largest absolute Gasteiger partial charge is 0.448 e. The van der Waals surface area contributed by atoms with Crippen LogP contribution in [0.4, 0.5) is 0 Å². The van der Waals surface area contributed by atoms with E-state index < -0.39 is 29.9 Å². The lowest BCUT2D eigenvalue weighted by Crippen LogP contribution is -2.74. The van der Waals surface area contributed by atoms with Crippen molar-refractivity contribution in [1.29, 1.82) is 0 Å². The first-order valence-corrected chi connectivity index (χ1v) is 15.5. The van der Waals surface area contributed by atoms with Crippen LogP contribution < -0.4 is 5.32 Å². The summed E-state index contributed by atoms with van der Waals surface area (Å²) in [6.07, 6.45) is -1.33. The van der Waals surface area contributed by atoms with Gasteiger partial charge in [-0.15, -0.1) is 0 Å². The van der Waals surface area contributed by atoms with Gasteiger partial charge in [0.15, 0.2) is 12.3 Å². The second-order valence-corrected chi connectivity index (χ2v) is 11.6. The number of ether oxygens (including phenoxy) is 2. The summed E-state index contributed by atoms with van der Waals surface area (Å²) in [6, 6.07) is 48.9. The highest BCUT2D eigenvalue weighted by Crippen LogP contribution is 2.42. The van der Waals surface area contributed by atoms with Crippen molar-refractivity contribution < 1.29 is 19.1 Å². The Morgan fingerprint density at radius 2 is 1.13 bits per heavy atom. The third-order valence-corrected chi connectivity index (χ3v) is 8.77. The monoisotopic (exact) mass is 606 g/mol. The lowest BCUT2D eigenvalue weighted by atomic mass is 9.75. The minimum atomic E-state index is -0.873. The molecule has 0 spiro atoms. The number of rotatable bonds is 9. The molecule has 7 rings (SSSR count). The van der Waals surface area contributed by atoms with Gasteiger partial charge in [-0.25, -0.2) is 4.79 Å². The molecule has 0 saturated carbocycles. The zero-order chi connectivity index (χ0) is 31.5. The molecule has 1 saturated heterocycles. The van der Waals surface area contributed by atoms with Crippen LogP contribution in [0.25, 0.3) is 0 Å². The lowest BCUT2D eigenvalue weighted by molar-refractivity contribution is -0.186. The molecular formula is C40H34N2O4. The molecule has 6 heteroatoms. The number of β-lactam (4-membered cyclic amide) rings is 1. The van der Waals surface area contributed by atoms with E-state index in [0.29, 0.717) is 5.57 Å². The Kier molecular flexibility index (Phi) is 8.06. The van der Waals surface area contributed by atoms with Crippen LogP contribution in [-0.2, 0) is 24.6 Å². The Labute approximate surface area is 268 Å². The van der Waals surface area contributed by atoms with Gasteiger partial charge in [0.1, 0.15) is 11.7 Å². The zero-order valence-electron chi connectivity index (χ0n) is 25.5. The molecule has 1 fully saturated rings. The number of hydrogen-bond donors (Lipinski definition) is 1. The van der Waals surface area contributed by atoms with Crippen molar-refractivity contribution in [3.05, 3.63) is 191 Å². The van der Waals surface area contributed by atoms with Crippen LogP contribution in [0.5, 0.6) is 0 Å². The van der Waals surface area contributed by atoms with Gasteiger partial charge in [0, 0.05) is 0 Å². The molecule has 0 radical (unpaired) electrons. The smallest absolute Gasteiger partial charge is 0.356 e. The van der Waals surface area contributed by atoms with E-state index in [-0.39, 0.29) is 18.2 Å². The lowest BCUT2D eigenvalue weighted by Gasteiger charge is -2.52. The number of carbonyl (C=O) groups excluding carboxylic acids is 2. The fourth-order valence-electron chi connectivity index (χ4n) is 6.56. The number of hydrogen-bond acceptors (Lipinski definition) is 5. The van der Waals surface area contributed by atoms with Crippen molar-refractivity contribution in [2.24, 2.45) is 0 Å². The molecule has 0 bridgehead atoms. The fourth-order valence-corrected chi connectivity index (χ4v) is 6.56. The standard InChI is InChI=1S/C40H34N2O4/c1-28-27-45-38-34(41-40(31-21-11-4-12-22-31,32-23-13-5-14-24-32)33-25-15-6-16-26-33)37(43)42(38)35(28)39(44)46-36(29-17-7-2-8-18-29)30-19-9-3-10-20-30/h2-26,34,36,38,41H,27H2,1H3. The predicted octanol–water partition coefficient (Wildman–Crippen LogP) is 6.74. The summed E-state index contributed by atoms with van der Waals surface area (Å²) in [5.41, 5.74) is 4.64. The summed E-state index contributed by atoms with van der Waals surface area (Å²) in [5, 5.41) is 3.74. The Hall–Kier alpha value is -5.30. The Morgan fingerprint density at radius 1 is 0.717 bits per heavy atom. The van der Waals surface area contributed by atoms with Crippen molar-refractivity contribution in [3.63, 3.8) is 0 Å². The third-order valence-electron chi connectivity index (χ3n) is 8.77. The molecule has 46 heavy (non-hydrogen) atoms. The van der Waals surface area contributed by atoms with E-state index in [0.717, 1.165) is 27.8 Å². The highest BCUT2D eigenvalue weighted by molar-refractivity contribution is 6.00. The van der Waals surface area contributed by atoms with Crippen LogP contribution in [0.2, 0.25) is 0 Å². The normalized spacial score (nSPS) is 17.8. The molecule has 228 valence electrons. The first-order chi connectivity index (χ1) is 22.6. The van der Waals surface area contributed by atoms with Crippen LogP contribution in [0.1, 0.15) is 40.8 Å². The quantitative estimate of drug-likeness (QED) is 0.114. The Bertz CT molecular complexity index is 1710. The maximum absolute atomic E-state index is 14.2. The minimum Gasteiger partial charge on any atom is -0.448 e. The van der Waals surface area contributed by atoms with Crippen LogP contribution in [-0.4, -0.2) is 35.7 Å². The molecule has 0 aliphatic carbocycles. The first kappa shape index (κ1) is 29.4. The summed E-state index contributed by atoms with van der Waals surface area (Å²) in [6.45, 7) is 2.01. The molecule has 5 aromatic rings. The van der Waals surface area contributed by atoms with E-state index in [2.05, 4.69) is 41.7 Å². The Balaban J connectivity index is 1.23. The van der Waals surface area contributed by atoms with E-state index in [1.807, 2.05) is 122 Å². The van der Waals surface area contributed by atoms with Gasteiger partial charge in [0.2, 0.25) is 0 Å². The van der Waals surface area contributed by atoms with Gasteiger partial charge in [-0.1, -0.05) is 152 Å². The number of esters is 1. The fraction of sp³-hybridized carbons (Fsp3) is 0.150. The molecule has 0 aromatic heterocycles. The number of fused-ring (bicyclic) bond motifs is 1. The van der Waals surface area contributed by atoms with Crippen LogP contribution >= 0.6 is 0 Å². The Morgan fingerprint density at radius 3 is 1.57 bits per heavy atom. The van der Waals surface area contributed by atoms with Gasteiger partial charge < -0.3 is 9.47 Å². The maximum atomic E-state index is 14.2. The summed E-state index contributed by atoms with van der Waals surface area (Å²) in [7, 11) is 0. The number of nitrogens with zero attached hydrogens (tertiary/aromatic N) is 1. The molecule has 5 aromatic carbocycles. The van der Waals surface area contributed by atoms with E-state index in [1.54, 1.807) is 0 Å². The van der Waals surface area contributed by atoms with Crippen molar-refractivity contribution >= 4 is 11.9 Å². The SMILES string of the molecule is CC1=C(C(=O)OC(c2ccccc2)c2ccccc2)N2C(=O)C(NC(c3ccccc3)(c3ccccc3)c3ccccc3)C2OC1. The zero-order valence-corrected chi connectivity index (χ0v) is 25.5. The molecule has 2 atom stereocenters. The van der Waals surface area contributed by atoms with E-state index in [4.69, 9.17) is 9.47 Å². The maximum Gasteiger partial charge on any atom is 0.356 e. The van der Waals surface area contributed by atoms with E-state index in [9.17, 15) is 9.59 Å². The van der Waals surface area contributed by atoms with Crippen LogP contribution in [0, 0.1) is 0 Å². The molecule has 1 amide bonds. The predicted molar refractivity (Wildman–Crippen MR) is 176 cm³/mol. The molecule has 2 heterocycles. The van der Waals surface area contributed by atoms with Crippen molar-refractivity contribution in [1.82, 2.24) is 10.2 Å². The van der Waals surface area contributed by atoms with Crippen molar-refractivity contribution in [3.8, 4) is 0 Å². The summed E-state index contributed by atoms with van der Waals surface area (Å²) >= 11 is 0. The average molecular weight is 607 g/mol. The molecule has 2 aliphatic heterocycles. The molecule has 2 unspecified atom stereocenters. The molecule has 6 nitrogen and oxygen atoms in total. The van der Waals surface area contributed by atoms with Gasteiger partial charge in [0.05, 0.1) is 12.1 Å². The van der Waals surface area contributed by atoms with Gasteiger partial charge >= 0.3 is 5.97 Å². The van der Waals surface area contributed by atoms with Crippen LogP contribution in [0.3, 0.4) is 0 Å². The van der Waals surface area contributed by atoms with Crippen LogP contribution in [0.15, 0.2) is 163 Å². The second-order valence-electron chi connectivity index (χ2n) is 11.6. The second kappa shape index (κ2) is 12.6. The number of carbonyl (C=O) groups is 2. The number of amides is 1. The average Bonchev–Trinajstić information content (AvgIpc) is 3.13. The first-order valence-electron chi connectivity index (χ1n) is 15.5. The summed E-state index contributed by atoms with van der Waals surface area (Å²) < 4.78 is 12.5. The molecule has 1 N–H and O–H groups in total. The molecular weight excluding hydrogens is 572 g/mol. The van der Waals surface area contributed by atoms with E-state index >= 15 is 0 Å². The van der Waals surface area contributed by atoms with Gasteiger partial charge in [-0.05, 0) is 40.3 Å². The van der Waals surface area contributed by atoms with Gasteiger partial charge in [-0.2, -0.15) is 0 Å². The molecule has 2 aliphatic rings. The topological polar surface area (TPSA) is 67.9 Å². The number of benzene rings is 5. The highest BCUT2D eigenvalue weighted by atomic mass is 16.6. The summed E-state index contributed by atoms with van der Waals surface area (Å²) in [4.78, 5) is 29.7. The summed E-state index contributed by atoms with van der Waals surface area (Å²) in [5.74, 6) is -0.810. The highest BCUT2D eigenvalue weighted by Gasteiger charge is 2.57.